The molecule has 1 fully saturated rings. The highest BCUT2D eigenvalue weighted by molar-refractivity contribution is 5.91. The second-order valence-corrected chi connectivity index (χ2v) is 6.29. The summed E-state index contributed by atoms with van der Waals surface area (Å²) < 4.78 is 0. The zero-order valence-electron chi connectivity index (χ0n) is 13.7. The number of anilines is 1. The lowest BCUT2D eigenvalue weighted by Gasteiger charge is -2.32. The van der Waals surface area contributed by atoms with Crippen LogP contribution in [0.4, 0.5) is 5.69 Å². The number of nitrogens with one attached hydrogen (secondary N) is 1. The fourth-order valence-electron chi connectivity index (χ4n) is 3.16. The normalized spacial score (nSPS) is 15.8. The van der Waals surface area contributed by atoms with Crippen molar-refractivity contribution in [3.63, 3.8) is 0 Å². The van der Waals surface area contributed by atoms with E-state index in [0.29, 0.717) is 6.42 Å². The average molecular weight is 319 g/mol. The fourth-order valence-corrected chi connectivity index (χ4v) is 3.16. The Bertz CT molecular complexity index is 726. The van der Waals surface area contributed by atoms with Crippen molar-refractivity contribution >= 4 is 11.6 Å². The molecule has 1 saturated carbocycles. The van der Waals surface area contributed by atoms with Crippen molar-refractivity contribution in [2.24, 2.45) is 5.41 Å². The van der Waals surface area contributed by atoms with Gasteiger partial charge in [-0.2, -0.15) is 0 Å². The molecule has 0 spiro atoms. The van der Waals surface area contributed by atoms with Crippen LogP contribution in [0.15, 0.2) is 49.1 Å². The van der Waals surface area contributed by atoms with Crippen LogP contribution in [0.25, 0.3) is 0 Å². The van der Waals surface area contributed by atoms with Crippen molar-refractivity contribution in [3.8, 4) is 11.8 Å². The van der Waals surface area contributed by atoms with Gasteiger partial charge in [0.15, 0.2) is 0 Å². The molecule has 4 heteroatoms. The molecule has 0 radical (unpaired) electrons. The number of amides is 1. The van der Waals surface area contributed by atoms with E-state index in [-0.39, 0.29) is 11.3 Å². The average Bonchev–Trinajstić information content (AvgIpc) is 2.62. The van der Waals surface area contributed by atoms with E-state index in [4.69, 9.17) is 0 Å². The van der Waals surface area contributed by atoms with Crippen molar-refractivity contribution in [2.75, 3.05) is 5.32 Å². The van der Waals surface area contributed by atoms with Gasteiger partial charge in [-0.1, -0.05) is 31.1 Å². The lowest BCUT2D eigenvalue weighted by molar-refractivity contribution is -0.118. The quantitative estimate of drug-likeness (QED) is 0.875. The van der Waals surface area contributed by atoms with Gasteiger partial charge in [-0.25, -0.2) is 0 Å². The van der Waals surface area contributed by atoms with Gasteiger partial charge in [0.1, 0.15) is 0 Å². The Kier molecular flexibility index (Phi) is 5.22. The predicted molar refractivity (Wildman–Crippen MR) is 94.1 cm³/mol. The van der Waals surface area contributed by atoms with E-state index in [1.54, 1.807) is 24.8 Å². The van der Waals surface area contributed by atoms with Crippen LogP contribution in [-0.4, -0.2) is 15.9 Å². The summed E-state index contributed by atoms with van der Waals surface area (Å²) in [6.45, 7) is 0. The van der Waals surface area contributed by atoms with E-state index in [9.17, 15) is 4.79 Å². The van der Waals surface area contributed by atoms with Crippen LogP contribution in [0.2, 0.25) is 0 Å². The highest BCUT2D eigenvalue weighted by Crippen LogP contribution is 2.39. The van der Waals surface area contributed by atoms with Gasteiger partial charge >= 0.3 is 0 Å². The Balaban J connectivity index is 1.74. The number of carbonyl (C=O) groups is 1. The van der Waals surface area contributed by atoms with Gasteiger partial charge in [0, 0.05) is 36.0 Å². The minimum Gasteiger partial charge on any atom is -0.325 e. The Labute approximate surface area is 142 Å². The van der Waals surface area contributed by atoms with E-state index in [0.717, 1.165) is 36.9 Å². The molecule has 0 aliphatic heterocycles. The van der Waals surface area contributed by atoms with Crippen LogP contribution < -0.4 is 5.32 Å². The smallest absolute Gasteiger partial charge is 0.225 e. The van der Waals surface area contributed by atoms with Crippen LogP contribution in [0.3, 0.4) is 0 Å². The number of aromatic nitrogens is 2. The number of hydrogen-bond acceptors (Lipinski definition) is 3. The lowest BCUT2D eigenvalue weighted by atomic mass is 9.72. The summed E-state index contributed by atoms with van der Waals surface area (Å²) in [6.07, 6.45) is 12.7. The monoisotopic (exact) mass is 319 g/mol. The molecule has 24 heavy (non-hydrogen) atoms. The molecule has 1 aliphatic carbocycles. The summed E-state index contributed by atoms with van der Waals surface area (Å²) in [4.78, 5) is 20.5. The SMILES string of the molecule is O=C(CC1(C#Cc2ccncc2)CCCCC1)Nc1cccnc1. The second-order valence-electron chi connectivity index (χ2n) is 6.29. The van der Waals surface area contributed by atoms with Gasteiger partial charge in [-0.05, 0) is 37.1 Å². The Morgan fingerprint density at radius 1 is 1.08 bits per heavy atom. The van der Waals surface area contributed by atoms with Crippen LogP contribution in [0, 0.1) is 17.3 Å². The largest absolute Gasteiger partial charge is 0.325 e. The zero-order valence-corrected chi connectivity index (χ0v) is 13.7. The van der Waals surface area contributed by atoms with E-state index in [1.807, 2.05) is 24.3 Å². The number of pyridine rings is 2. The van der Waals surface area contributed by atoms with Crippen molar-refractivity contribution in [1.29, 1.82) is 0 Å². The van der Waals surface area contributed by atoms with E-state index in [1.165, 1.54) is 6.42 Å². The first-order chi connectivity index (χ1) is 11.8. The maximum absolute atomic E-state index is 12.5. The molecule has 1 N–H and O–H groups in total. The summed E-state index contributed by atoms with van der Waals surface area (Å²) in [5.74, 6) is 6.66. The Hall–Kier alpha value is -2.67. The molecule has 4 nitrogen and oxygen atoms in total. The van der Waals surface area contributed by atoms with Gasteiger partial charge in [0.25, 0.3) is 0 Å². The van der Waals surface area contributed by atoms with Crippen molar-refractivity contribution in [2.45, 2.75) is 38.5 Å². The first-order valence-corrected chi connectivity index (χ1v) is 8.39. The van der Waals surface area contributed by atoms with E-state index in [2.05, 4.69) is 27.1 Å². The molecule has 122 valence electrons. The maximum atomic E-state index is 12.5. The van der Waals surface area contributed by atoms with Crippen LogP contribution in [0.5, 0.6) is 0 Å². The lowest BCUT2D eigenvalue weighted by Crippen LogP contribution is -2.28. The number of carbonyl (C=O) groups excluding carboxylic acids is 1. The molecule has 0 unspecified atom stereocenters. The van der Waals surface area contributed by atoms with Gasteiger partial charge < -0.3 is 5.32 Å². The highest BCUT2D eigenvalue weighted by Gasteiger charge is 2.32. The molecule has 0 bridgehead atoms. The molecule has 2 aromatic rings. The molecule has 1 aliphatic rings. The standard InChI is InChI=1S/C20H21N3O/c24-19(23-18-5-4-12-22-16-18)15-20(9-2-1-3-10-20)11-6-17-7-13-21-14-8-17/h4-5,7-8,12-14,16H,1-3,9-10,15H2,(H,23,24). The molecule has 2 aromatic heterocycles. The summed E-state index contributed by atoms with van der Waals surface area (Å²) in [5, 5.41) is 2.93. The third kappa shape index (κ3) is 4.42. The topological polar surface area (TPSA) is 54.9 Å². The first kappa shape index (κ1) is 16.2. The molecule has 0 atom stereocenters. The fraction of sp³-hybridized carbons (Fsp3) is 0.350. The summed E-state index contributed by atoms with van der Waals surface area (Å²) >= 11 is 0. The Morgan fingerprint density at radius 2 is 1.88 bits per heavy atom. The van der Waals surface area contributed by atoms with E-state index < -0.39 is 0 Å². The van der Waals surface area contributed by atoms with Gasteiger partial charge in [0.05, 0.1) is 11.9 Å². The van der Waals surface area contributed by atoms with Gasteiger partial charge in [-0.3, -0.25) is 14.8 Å². The molecular formula is C20H21N3O. The maximum Gasteiger partial charge on any atom is 0.225 e. The van der Waals surface area contributed by atoms with Crippen molar-refractivity contribution < 1.29 is 4.79 Å². The minimum atomic E-state index is -0.228. The number of hydrogen-bond donors (Lipinski definition) is 1. The molecule has 0 aromatic carbocycles. The predicted octanol–water partition coefficient (Wildman–Crippen LogP) is 3.81. The first-order valence-electron chi connectivity index (χ1n) is 8.39. The molecular weight excluding hydrogens is 298 g/mol. The summed E-state index contributed by atoms with van der Waals surface area (Å²) in [6, 6.07) is 7.47. The second kappa shape index (κ2) is 7.74. The third-order valence-electron chi connectivity index (χ3n) is 4.41. The van der Waals surface area contributed by atoms with E-state index >= 15 is 0 Å². The number of rotatable bonds is 3. The van der Waals surface area contributed by atoms with Crippen molar-refractivity contribution in [1.82, 2.24) is 9.97 Å². The Morgan fingerprint density at radius 3 is 2.58 bits per heavy atom. The molecule has 0 saturated heterocycles. The highest BCUT2D eigenvalue weighted by atomic mass is 16.1. The third-order valence-corrected chi connectivity index (χ3v) is 4.41. The molecule has 3 rings (SSSR count). The van der Waals surface area contributed by atoms with Crippen LogP contribution in [0.1, 0.15) is 44.1 Å². The summed E-state index contributed by atoms with van der Waals surface area (Å²) in [5.41, 5.74) is 1.45. The molecule has 2 heterocycles. The zero-order chi connectivity index (χ0) is 16.7. The van der Waals surface area contributed by atoms with Crippen LogP contribution >= 0.6 is 0 Å². The number of nitrogens with zero attached hydrogens (tertiary/aromatic N) is 2. The van der Waals surface area contributed by atoms with Gasteiger partial charge in [-0.15, -0.1) is 0 Å². The minimum absolute atomic E-state index is 0.00827. The van der Waals surface area contributed by atoms with Gasteiger partial charge in [0.2, 0.25) is 5.91 Å². The molecule has 1 amide bonds. The summed E-state index contributed by atoms with van der Waals surface area (Å²) in [7, 11) is 0. The van der Waals surface area contributed by atoms with Crippen LogP contribution in [-0.2, 0) is 4.79 Å². The van der Waals surface area contributed by atoms with Crippen molar-refractivity contribution in [3.05, 3.63) is 54.6 Å².